The lowest BCUT2D eigenvalue weighted by molar-refractivity contribution is 0.0696. The van der Waals surface area contributed by atoms with Crippen molar-refractivity contribution < 1.29 is 27.8 Å². The molecule has 0 radical (unpaired) electrons. The van der Waals surface area contributed by atoms with Crippen molar-refractivity contribution in [1.29, 1.82) is 0 Å². The quantitative estimate of drug-likeness (QED) is 0.496. The molecule has 1 aromatic heterocycles. The Balaban J connectivity index is 1.83. The van der Waals surface area contributed by atoms with Crippen LogP contribution in [0.15, 0.2) is 59.4 Å². The van der Waals surface area contributed by atoms with E-state index in [4.69, 9.17) is 14.6 Å². The molecule has 0 amide bonds. The zero-order chi connectivity index (χ0) is 22.6. The Morgan fingerprint density at radius 3 is 2.45 bits per heavy atom. The molecule has 0 unspecified atom stereocenters. The molecule has 162 valence electrons. The van der Waals surface area contributed by atoms with E-state index in [-0.39, 0.29) is 22.0 Å². The average Bonchev–Trinajstić information content (AvgIpc) is 3.25. The van der Waals surface area contributed by atoms with Gasteiger partial charge in [0.2, 0.25) is 0 Å². The van der Waals surface area contributed by atoms with Crippen molar-refractivity contribution in [3.8, 4) is 16.3 Å². The smallest absolute Gasteiger partial charge is 0.335 e. The number of carbonyl (C=O) groups is 1. The summed E-state index contributed by atoms with van der Waals surface area (Å²) in [5.41, 5.74) is 2.62. The molecule has 0 aliphatic carbocycles. The molecule has 0 atom stereocenters. The van der Waals surface area contributed by atoms with E-state index < -0.39 is 16.0 Å². The van der Waals surface area contributed by atoms with Crippen molar-refractivity contribution in [1.82, 2.24) is 4.98 Å². The Kier molecular flexibility index (Phi) is 6.74. The minimum Gasteiger partial charge on any atom is -0.495 e. The van der Waals surface area contributed by atoms with E-state index in [1.807, 2.05) is 24.3 Å². The average molecular weight is 461 g/mol. The Bertz CT molecular complexity index is 1220. The van der Waals surface area contributed by atoms with Crippen LogP contribution in [0.5, 0.6) is 5.75 Å². The van der Waals surface area contributed by atoms with Gasteiger partial charge in [0.1, 0.15) is 10.8 Å². The maximum absolute atomic E-state index is 12.8. The van der Waals surface area contributed by atoms with Crippen molar-refractivity contribution >= 4 is 38.6 Å². The third kappa shape index (κ3) is 5.10. The highest BCUT2D eigenvalue weighted by molar-refractivity contribution is 7.92. The number of anilines is 1. The minimum absolute atomic E-state index is 0.0210. The number of aromatic nitrogens is 1. The van der Waals surface area contributed by atoms with Gasteiger partial charge in [0.05, 0.1) is 25.0 Å². The van der Waals surface area contributed by atoms with Crippen LogP contribution in [0.25, 0.3) is 16.1 Å². The second-order valence-corrected chi connectivity index (χ2v) is 8.92. The van der Waals surface area contributed by atoms with E-state index in [1.165, 1.54) is 42.0 Å². The molecule has 10 heteroatoms. The summed E-state index contributed by atoms with van der Waals surface area (Å²) >= 11 is 1.19. The van der Waals surface area contributed by atoms with Crippen LogP contribution >= 0.6 is 11.3 Å². The molecule has 2 N–H and O–H groups in total. The SMILES string of the molecule is C=C(COC)c1ccc(-c2nc(S(=O)(=O)Nc3ccc(C(=O)O)cc3OC)cs2)cc1. The molecule has 8 nitrogen and oxygen atoms in total. The van der Waals surface area contributed by atoms with Crippen molar-refractivity contribution in [2.75, 3.05) is 25.5 Å². The Hall–Kier alpha value is -3.21. The first-order valence-corrected chi connectivity index (χ1v) is 11.3. The zero-order valence-corrected chi connectivity index (χ0v) is 18.4. The highest BCUT2D eigenvalue weighted by atomic mass is 32.2. The number of carboxylic acids is 1. The van der Waals surface area contributed by atoms with Crippen molar-refractivity contribution in [3.63, 3.8) is 0 Å². The predicted octanol–water partition coefficient (Wildman–Crippen LogP) is 3.98. The van der Waals surface area contributed by atoms with Gasteiger partial charge in [0.25, 0.3) is 10.0 Å². The first kappa shape index (κ1) is 22.5. The number of carboxylic acid groups (broad SMARTS) is 1. The van der Waals surface area contributed by atoms with E-state index in [2.05, 4.69) is 16.3 Å². The van der Waals surface area contributed by atoms with Crippen LogP contribution in [0, 0.1) is 0 Å². The summed E-state index contributed by atoms with van der Waals surface area (Å²) in [4.78, 5) is 15.3. The number of nitrogens with zero attached hydrogens (tertiary/aromatic N) is 1. The summed E-state index contributed by atoms with van der Waals surface area (Å²) in [5, 5.41) is 10.9. The first-order chi connectivity index (χ1) is 14.7. The van der Waals surface area contributed by atoms with Gasteiger partial charge >= 0.3 is 5.97 Å². The van der Waals surface area contributed by atoms with Gasteiger partial charge in [-0.2, -0.15) is 8.42 Å². The summed E-state index contributed by atoms with van der Waals surface area (Å²) in [7, 11) is -1.08. The van der Waals surface area contributed by atoms with E-state index >= 15 is 0 Å². The fourth-order valence-corrected chi connectivity index (χ4v) is 4.90. The van der Waals surface area contributed by atoms with Crippen molar-refractivity contribution in [2.45, 2.75) is 5.03 Å². The maximum Gasteiger partial charge on any atom is 0.335 e. The summed E-state index contributed by atoms with van der Waals surface area (Å²) < 4.78 is 38.2. The second-order valence-electron chi connectivity index (χ2n) is 6.43. The lowest BCUT2D eigenvalue weighted by Crippen LogP contribution is -2.14. The molecule has 0 saturated heterocycles. The zero-order valence-electron chi connectivity index (χ0n) is 16.8. The lowest BCUT2D eigenvalue weighted by Gasteiger charge is -2.11. The topological polar surface area (TPSA) is 115 Å². The number of hydrogen-bond donors (Lipinski definition) is 2. The van der Waals surface area contributed by atoms with Crippen LogP contribution in [0.2, 0.25) is 0 Å². The minimum atomic E-state index is -4.00. The van der Waals surface area contributed by atoms with Gasteiger partial charge in [-0.15, -0.1) is 11.3 Å². The number of nitrogens with one attached hydrogen (secondary N) is 1. The molecule has 0 aliphatic heterocycles. The van der Waals surface area contributed by atoms with Crippen molar-refractivity contribution in [2.24, 2.45) is 0 Å². The van der Waals surface area contributed by atoms with Crippen LogP contribution in [-0.2, 0) is 14.8 Å². The van der Waals surface area contributed by atoms with Gasteiger partial charge in [-0.1, -0.05) is 30.8 Å². The van der Waals surface area contributed by atoms with E-state index in [9.17, 15) is 13.2 Å². The Morgan fingerprint density at radius 2 is 1.84 bits per heavy atom. The number of ether oxygens (including phenoxy) is 2. The van der Waals surface area contributed by atoms with Crippen LogP contribution in [0.1, 0.15) is 15.9 Å². The molecule has 0 bridgehead atoms. The second kappa shape index (κ2) is 9.29. The fraction of sp³-hybridized carbons (Fsp3) is 0.143. The van der Waals surface area contributed by atoms with Gasteiger partial charge < -0.3 is 14.6 Å². The van der Waals surface area contributed by atoms with Gasteiger partial charge in [-0.3, -0.25) is 4.72 Å². The van der Waals surface area contributed by atoms with Gasteiger partial charge in [0, 0.05) is 18.1 Å². The number of rotatable bonds is 9. The molecule has 0 aliphatic rings. The van der Waals surface area contributed by atoms with E-state index in [0.717, 1.165) is 16.7 Å². The van der Waals surface area contributed by atoms with Gasteiger partial charge in [0.15, 0.2) is 5.03 Å². The normalized spacial score (nSPS) is 11.2. The number of sulfonamides is 1. The predicted molar refractivity (Wildman–Crippen MR) is 119 cm³/mol. The highest BCUT2D eigenvalue weighted by Gasteiger charge is 2.21. The standard InChI is InChI=1S/C21H20N2O6S2/c1-13(11-28-2)14-4-6-15(7-5-14)20-22-19(12-30-20)31(26,27)23-17-9-8-16(21(24)25)10-18(17)29-3/h4-10,12,23H,1,11H2,2-3H3,(H,24,25). The Labute approximate surface area is 183 Å². The maximum atomic E-state index is 12.8. The molecule has 0 fully saturated rings. The molecule has 0 saturated carbocycles. The molecule has 1 heterocycles. The van der Waals surface area contributed by atoms with Crippen LogP contribution in [0.3, 0.4) is 0 Å². The summed E-state index contributed by atoms with van der Waals surface area (Å²) in [6, 6.07) is 11.3. The number of thiazole rings is 1. The Morgan fingerprint density at radius 1 is 1.16 bits per heavy atom. The molecular formula is C21H20N2O6S2. The van der Waals surface area contributed by atoms with Gasteiger partial charge in [-0.05, 0) is 29.3 Å². The molecule has 2 aromatic carbocycles. The first-order valence-electron chi connectivity index (χ1n) is 8.92. The van der Waals surface area contributed by atoms with Crippen LogP contribution in [-0.4, -0.2) is 45.3 Å². The monoisotopic (exact) mass is 460 g/mol. The van der Waals surface area contributed by atoms with Crippen LogP contribution in [0.4, 0.5) is 5.69 Å². The fourth-order valence-electron chi connectivity index (χ4n) is 2.73. The third-order valence-corrected chi connectivity index (χ3v) is 6.60. The van der Waals surface area contributed by atoms with Gasteiger partial charge in [-0.25, -0.2) is 9.78 Å². The summed E-state index contributed by atoms with van der Waals surface area (Å²) in [5.74, 6) is -1.06. The van der Waals surface area contributed by atoms with Crippen molar-refractivity contribution in [3.05, 3.63) is 65.6 Å². The van der Waals surface area contributed by atoms with E-state index in [0.29, 0.717) is 11.6 Å². The molecular weight excluding hydrogens is 440 g/mol. The molecule has 3 aromatic rings. The number of methoxy groups -OCH3 is 2. The number of hydrogen-bond acceptors (Lipinski definition) is 7. The molecule has 31 heavy (non-hydrogen) atoms. The summed E-state index contributed by atoms with van der Waals surface area (Å²) in [6.45, 7) is 4.37. The van der Waals surface area contributed by atoms with Crippen LogP contribution < -0.4 is 9.46 Å². The number of aromatic carboxylic acids is 1. The largest absolute Gasteiger partial charge is 0.495 e. The third-order valence-electron chi connectivity index (χ3n) is 4.31. The summed E-state index contributed by atoms with van der Waals surface area (Å²) in [6.07, 6.45) is 0. The lowest BCUT2D eigenvalue weighted by atomic mass is 10.1. The molecule has 0 spiro atoms. The number of benzene rings is 2. The highest BCUT2D eigenvalue weighted by Crippen LogP contribution is 2.31. The van der Waals surface area contributed by atoms with E-state index in [1.54, 1.807) is 7.11 Å². The molecule has 3 rings (SSSR count).